The zero-order valence-electron chi connectivity index (χ0n) is 10.6. The molecule has 0 saturated carbocycles. The molecule has 0 spiro atoms. The Labute approximate surface area is 108 Å². The predicted octanol–water partition coefficient (Wildman–Crippen LogP) is 2.60. The van der Waals surface area contributed by atoms with Crippen molar-refractivity contribution in [3.63, 3.8) is 0 Å². The molecule has 18 heavy (non-hydrogen) atoms. The smallest absolute Gasteiger partial charge is 0.169 e. The monoisotopic (exact) mass is 239 g/mol. The minimum absolute atomic E-state index is 0.0606. The second kappa shape index (κ2) is 5.50. The van der Waals surface area contributed by atoms with Gasteiger partial charge in [-0.25, -0.2) is 4.57 Å². The fourth-order valence-corrected chi connectivity index (χ4v) is 1.87. The van der Waals surface area contributed by atoms with Crippen LogP contribution in [0, 0.1) is 6.92 Å². The van der Waals surface area contributed by atoms with Crippen molar-refractivity contribution in [1.82, 2.24) is 0 Å². The normalized spacial score (nSPS) is 10.3. The molecule has 2 rings (SSSR count). The van der Waals surface area contributed by atoms with E-state index in [1.54, 1.807) is 6.20 Å². The third kappa shape index (κ3) is 2.77. The standard InChI is InChI=1S/C16H17NO/c1-3-4-10-17-11-9-15(16(18)12-17)14-7-5-13(2)6-8-14/h3,5-9,11-12H,1,4,10H2,2H3. The molecule has 0 atom stereocenters. The first-order valence-electron chi connectivity index (χ1n) is 6.09. The van der Waals surface area contributed by atoms with Crippen molar-refractivity contribution in [3.8, 4) is 16.9 Å². The van der Waals surface area contributed by atoms with Crippen LogP contribution in [-0.2, 0) is 6.54 Å². The highest BCUT2D eigenvalue weighted by molar-refractivity contribution is 5.68. The Morgan fingerprint density at radius 1 is 1.22 bits per heavy atom. The number of pyridine rings is 1. The molecule has 0 unspecified atom stereocenters. The minimum Gasteiger partial charge on any atom is -0.868 e. The third-order valence-corrected chi connectivity index (χ3v) is 2.94. The van der Waals surface area contributed by atoms with Crippen molar-refractivity contribution >= 4 is 0 Å². The van der Waals surface area contributed by atoms with Crippen molar-refractivity contribution in [2.24, 2.45) is 0 Å². The molecule has 92 valence electrons. The van der Waals surface area contributed by atoms with E-state index >= 15 is 0 Å². The first kappa shape index (κ1) is 12.4. The topological polar surface area (TPSA) is 26.9 Å². The van der Waals surface area contributed by atoms with Crippen LogP contribution in [0.3, 0.4) is 0 Å². The molecule has 0 radical (unpaired) electrons. The van der Waals surface area contributed by atoms with Gasteiger partial charge in [-0.2, -0.15) is 0 Å². The van der Waals surface area contributed by atoms with Crippen LogP contribution in [0.2, 0.25) is 0 Å². The number of nitrogens with zero attached hydrogens (tertiary/aromatic N) is 1. The van der Waals surface area contributed by atoms with Gasteiger partial charge < -0.3 is 5.11 Å². The second-order valence-corrected chi connectivity index (χ2v) is 4.40. The van der Waals surface area contributed by atoms with Gasteiger partial charge in [0, 0.05) is 12.5 Å². The fraction of sp³-hybridized carbons (Fsp3) is 0.188. The van der Waals surface area contributed by atoms with Crippen LogP contribution in [0.1, 0.15) is 12.0 Å². The zero-order valence-corrected chi connectivity index (χ0v) is 10.6. The van der Waals surface area contributed by atoms with Gasteiger partial charge in [0.1, 0.15) is 0 Å². The van der Waals surface area contributed by atoms with Crippen LogP contribution in [0.25, 0.3) is 11.1 Å². The van der Waals surface area contributed by atoms with Crippen LogP contribution >= 0.6 is 0 Å². The Morgan fingerprint density at radius 3 is 2.56 bits per heavy atom. The van der Waals surface area contributed by atoms with Gasteiger partial charge in [0.25, 0.3) is 0 Å². The van der Waals surface area contributed by atoms with Crippen molar-refractivity contribution < 1.29 is 9.67 Å². The number of benzene rings is 1. The maximum Gasteiger partial charge on any atom is 0.169 e. The Morgan fingerprint density at radius 2 is 1.94 bits per heavy atom. The first-order valence-corrected chi connectivity index (χ1v) is 6.09. The van der Waals surface area contributed by atoms with E-state index in [1.807, 2.05) is 54.1 Å². The largest absolute Gasteiger partial charge is 0.868 e. The highest BCUT2D eigenvalue weighted by Crippen LogP contribution is 2.25. The second-order valence-electron chi connectivity index (χ2n) is 4.40. The lowest BCUT2D eigenvalue weighted by molar-refractivity contribution is -0.698. The molecule has 2 nitrogen and oxygen atoms in total. The molecule has 0 aliphatic rings. The van der Waals surface area contributed by atoms with E-state index < -0.39 is 0 Å². The van der Waals surface area contributed by atoms with Crippen molar-refractivity contribution in [2.75, 3.05) is 0 Å². The molecule has 1 heterocycles. The van der Waals surface area contributed by atoms with Gasteiger partial charge in [0.05, 0.1) is 0 Å². The van der Waals surface area contributed by atoms with Gasteiger partial charge in [-0.05, 0) is 23.8 Å². The van der Waals surface area contributed by atoms with Gasteiger partial charge in [0.15, 0.2) is 18.9 Å². The summed E-state index contributed by atoms with van der Waals surface area (Å²) in [5.74, 6) is 0.0606. The minimum atomic E-state index is 0.0606. The van der Waals surface area contributed by atoms with Gasteiger partial charge in [-0.15, -0.1) is 6.58 Å². The molecule has 0 aliphatic heterocycles. The highest BCUT2D eigenvalue weighted by atomic mass is 16.3. The van der Waals surface area contributed by atoms with E-state index in [0.29, 0.717) is 0 Å². The van der Waals surface area contributed by atoms with Crippen molar-refractivity contribution in [3.05, 3.63) is 60.9 Å². The Kier molecular flexibility index (Phi) is 3.78. The summed E-state index contributed by atoms with van der Waals surface area (Å²) in [6.45, 7) is 6.52. The molecule has 0 aliphatic carbocycles. The van der Waals surface area contributed by atoms with E-state index in [2.05, 4.69) is 6.58 Å². The lowest BCUT2D eigenvalue weighted by Gasteiger charge is -2.11. The predicted molar refractivity (Wildman–Crippen MR) is 71.1 cm³/mol. The van der Waals surface area contributed by atoms with E-state index in [4.69, 9.17) is 0 Å². The van der Waals surface area contributed by atoms with Gasteiger partial charge in [-0.1, -0.05) is 35.9 Å². The SMILES string of the molecule is C=CCC[n+]1ccc(-c2ccc(C)cc2)c([O-])c1. The Bertz CT molecular complexity index is 544. The lowest BCUT2D eigenvalue weighted by Crippen LogP contribution is -2.33. The number of allylic oxidation sites excluding steroid dienone is 1. The summed E-state index contributed by atoms with van der Waals surface area (Å²) in [7, 11) is 0. The molecule has 1 aromatic heterocycles. The van der Waals surface area contributed by atoms with Crippen LogP contribution in [0.15, 0.2) is 55.4 Å². The fourth-order valence-electron chi connectivity index (χ4n) is 1.87. The number of rotatable bonds is 4. The van der Waals surface area contributed by atoms with Crippen molar-refractivity contribution in [1.29, 1.82) is 0 Å². The summed E-state index contributed by atoms with van der Waals surface area (Å²) >= 11 is 0. The summed E-state index contributed by atoms with van der Waals surface area (Å²) in [6.07, 6.45) is 6.32. The maximum atomic E-state index is 12.0. The third-order valence-electron chi connectivity index (χ3n) is 2.94. The average Bonchev–Trinajstić information content (AvgIpc) is 2.38. The van der Waals surface area contributed by atoms with Crippen LogP contribution < -0.4 is 9.67 Å². The summed E-state index contributed by atoms with van der Waals surface area (Å²) in [5, 5.41) is 12.0. The molecule has 1 aromatic carbocycles. The van der Waals surface area contributed by atoms with Gasteiger partial charge in [0.2, 0.25) is 0 Å². The number of aryl methyl sites for hydroxylation is 2. The number of aromatic nitrogens is 1. The van der Waals surface area contributed by atoms with E-state index in [9.17, 15) is 5.11 Å². The van der Waals surface area contributed by atoms with Gasteiger partial charge in [-0.3, -0.25) is 0 Å². The first-order chi connectivity index (χ1) is 8.70. The van der Waals surface area contributed by atoms with E-state index in [0.717, 1.165) is 24.1 Å². The highest BCUT2D eigenvalue weighted by Gasteiger charge is 2.04. The zero-order chi connectivity index (χ0) is 13.0. The van der Waals surface area contributed by atoms with E-state index in [1.165, 1.54) is 5.56 Å². The average molecular weight is 239 g/mol. The maximum absolute atomic E-state index is 12.0. The van der Waals surface area contributed by atoms with E-state index in [-0.39, 0.29) is 5.75 Å². The Balaban J connectivity index is 2.29. The lowest BCUT2D eigenvalue weighted by atomic mass is 10.0. The molecule has 0 saturated heterocycles. The number of hydrogen-bond acceptors (Lipinski definition) is 1. The molecule has 0 bridgehead atoms. The summed E-state index contributed by atoms with van der Waals surface area (Å²) in [4.78, 5) is 0. The molecule has 2 heteroatoms. The molecular formula is C16H17NO. The summed E-state index contributed by atoms with van der Waals surface area (Å²) < 4.78 is 1.90. The van der Waals surface area contributed by atoms with Crippen molar-refractivity contribution in [2.45, 2.75) is 19.9 Å². The van der Waals surface area contributed by atoms with Crippen LogP contribution in [0.4, 0.5) is 0 Å². The van der Waals surface area contributed by atoms with Gasteiger partial charge >= 0.3 is 0 Å². The number of hydrogen-bond donors (Lipinski definition) is 0. The summed E-state index contributed by atoms with van der Waals surface area (Å²) in [6, 6.07) is 9.90. The Hall–Kier alpha value is -2.09. The molecule has 0 amide bonds. The van der Waals surface area contributed by atoms with Crippen LogP contribution in [0.5, 0.6) is 5.75 Å². The molecular weight excluding hydrogens is 222 g/mol. The van der Waals surface area contributed by atoms with Crippen LogP contribution in [-0.4, -0.2) is 0 Å². The molecule has 0 N–H and O–H groups in total. The quantitative estimate of drug-likeness (QED) is 0.595. The molecule has 2 aromatic rings. The molecule has 0 fully saturated rings. The summed E-state index contributed by atoms with van der Waals surface area (Å²) in [5.41, 5.74) is 2.93.